The largest absolute Gasteiger partial charge is 0.488 e. The highest BCUT2D eigenvalue weighted by molar-refractivity contribution is 5.96. The van der Waals surface area contributed by atoms with Crippen LogP contribution in [0.15, 0.2) is 61.2 Å². The topological polar surface area (TPSA) is 38.3 Å². The molecule has 1 amide bonds. The van der Waals surface area contributed by atoms with Crippen LogP contribution < -0.4 is 10.1 Å². The molecular formula is C17H16FNO2. The molecule has 3 nitrogen and oxygen atoms in total. The number of rotatable bonds is 6. The number of benzene rings is 2. The third-order valence-corrected chi connectivity index (χ3v) is 2.85. The molecule has 0 unspecified atom stereocenters. The summed E-state index contributed by atoms with van der Waals surface area (Å²) in [5.41, 5.74) is 1.29. The molecule has 0 radical (unpaired) electrons. The molecule has 1 N–H and O–H groups in total. The van der Waals surface area contributed by atoms with Crippen LogP contribution in [0.5, 0.6) is 5.75 Å². The van der Waals surface area contributed by atoms with E-state index in [0.717, 1.165) is 5.56 Å². The van der Waals surface area contributed by atoms with Crippen molar-refractivity contribution in [1.29, 1.82) is 0 Å². The molecule has 0 saturated carbocycles. The van der Waals surface area contributed by atoms with Gasteiger partial charge in [-0.15, -0.1) is 6.58 Å². The highest BCUT2D eigenvalue weighted by Gasteiger charge is 2.11. The first-order chi connectivity index (χ1) is 10.2. The van der Waals surface area contributed by atoms with Crippen LogP contribution in [0.3, 0.4) is 0 Å². The van der Waals surface area contributed by atoms with Crippen molar-refractivity contribution in [3.05, 3.63) is 78.1 Å². The van der Waals surface area contributed by atoms with Crippen LogP contribution in [-0.4, -0.2) is 12.5 Å². The van der Waals surface area contributed by atoms with Crippen LogP contribution >= 0.6 is 0 Å². The lowest BCUT2D eigenvalue weighted by molar-refractivity contribution is 0.0953. The molecule has 21 heavy (non-hydrogen) atoms. The lowest BCUT2D eigenvalue weighted by Gasteiger charge is -2.11. The Labute approximate surface area is 123 Å². The molecule has 0 bridgehead atoms. The molecule has 2 rings (SSSR count). The van der Waals surface area contributed by atoms with Crippen molar-refractivity contribution in [2.24, 2.45) is 0 Å². The average Bonchev–Trinajstić information content (AvgIpc) is 2.52. The van der Waals surface area contributed by atoms with Crippen LogP contribution in [0, 0.1) is 5.82 Å². The van der Waals surface area contributed by atoms with Gasteiger partial charge in [0.05, 0.1) is 5.56 Å². The Balaban J connectivity index is 2.07. The second-order valence-electron chi connectivity index (χ2n) is 4.41. The van der Waals surface area contributed by atoms with Crippen LogP contribution in [0.25, 0.3) is 0 Å². The number of halogens is 1. The zero-order valence-electron chi connectivity index (χ0n) is 11.5. The Bertz CT molecular complexity index is 623. The summed E-state index contributed by atoms with van der Waals surface area (Å²) < 4.78 is 18.5. The van der Waals surface area contributed by atoms with Gasteiger partial charge in [0.15, 0.2) is 0 Å². The second kappa shape index (κ2) is 7.24. The summed E-state index contributed by atoms with van der Waals surface area (Å²) in [5.74, 6) is -0.0176. The number of carbonyl (C=O) groups excluding carboxylic acids is 1. The van der Waals surface area contributed by atoms with Crippen molar-refractivity contribution in [3.8, 4) is 5.75 Å². The molecule has 108 valence electrons. The summed E-state index contributed by atoms with van der Waals surface area (Å²) >= 11 is 0. The highest BCUT2D eigenvalue weighted by atomic mass is 19.1. The summed E-state index contributed by atoms with van der Waals surface area (Å²) in [4.78, 5) is 12.0. The van der Waals surface area contributed by atoms with Crippen LogP contribution in [-0.2, 0) is 6.61 Å². The van der Waals surface area contributed by atoms with E-state index in [0.29, 0.717) is 17.9 Å². The van der Waals surface area contributed by atoms with Crippen molar-refractivity contribution in [2.75, 3.05) is 6.54 Å². The quantitative estimate of drug-likeness (QED) is 0.827. The maximum atomic E-state index is 12.8. The number of hydrogen-bond donors (Lipinski definition) is 1. The smallest absolute Gasteiger partial charge is 0.255 e. The molecule has 2 aromatic carbocycles. The third-order valence-electron chi connectivity index (χ3n) is 2.85. The van der Waals surface area contributed by atoms with Gasteiger partial charge in [-0.2, -0.15) is 0 Å². The van der Waals surface area contributed by atoms with Gasteiger partial charge in [-0.05, 0) is 29.8 Å². The van der Waals surface area contributed by atoms with E-state index < -0.39 is 0 Å². The molecule has 0 aliphatic heterocycles. The zero-order chi connectivity index (χ0) is 15.1. The fourth-order valence-corrected chi connectivity index (χ4v) is 1.78. The monoisotopic (exact) mass is 285 g/mol. The molecule has 4 heteroatoms. The first-order valence-corrected chi connectivity index (χ1v) is 6.56. The van der Waals surface area contributed by atoms with Gasteiger partial charge in [0.1, 0.15) is 18.2 Å². The molecule has 0 spiro atoms. The molecular weight excluding hydrogens is 269 g/mol. The van der Waals surface area contributed by atoms with E-state index >= 15 is 0 Å². The summed E-state index contributed by atoms with van der Waals surface area (Å²) in [7, 11) is 0. The molecule has 2 aromatic rings. The third kappa shape index (κ3) is 4.18. The number of para-hydroxylation sites is 1. The summed E-state index contributed by atoms with van der Waals surface area (Å²) in [6.07, 6.45) is 1.61. The van der Waals surface area contributed by atoms with E-state index in [2.05, 4.69) is 11.9 Å². The van der Waals surface area contributed by atoms with E-state index in [9.17, 15) is 9.18 Å². The average molecular weight is 285 g/mol. The number of hydrogen-bond acceptors (Lipinski definition) is 2. The van der Waals surface area contributed by atoms with Gasteiger partial charge in [-0.25, -0.2) is 4.39 Å². The van der Waals surface area contributed by atoms with Gasteiger partial charge >= 0.3 is 0 Å². The van der Waals surface area contributed by atoms with Crippen molar-refractivity contribution in [2.45, 2.75) is 6.61 Å². The van der Waals surface area contributed by atoms with E-state index in [1.165, 1.54) is 12.1 Å². The van der Waals surface area contributed by atoms with Crippen molar-refractivity contribution >= 4 is 5.91 Å². The molecule has 0 atom stereocenters. The van der Waals surface area contributed by atoms with Gasteiger partial charge < -0.3 is 10.1 Å². The number of ether oxygens (including phenoxy) is 1. The number of nitrogens with one attached hydrogen (secondary N) is 1. The molecule has 0 heterocycles. The van der Waals surface area contributed by atoms with Gasteiger partial charge in [0, 0.05) is 6.54 Å². The minimum absolute atomic E-state index is 0.218. The normalized spacial score (nSPS) is 9.95. The van der Waals surface area contributed by atoms with E-state index in [4.69, 9.17) is 4.74 Å². The lowest BCUT2D eigenvalue weighted by atomic mass is 10.2. The Hall–Kier alpha value is -2.62. The standard InChI is InChI=1S/C17H16FNO2/c1-2-11-19-17(20)15-5-3-4-6-16(15)21-12-13-7-9-14(18)10-8-13/h2-10H,1,11-12H2,(H,19,20). The van der Waals surface area contributed by atoms with Gasteiger partial charge in [-0.1, -0.05) is 30.3 Å². The predicted molar refractivity (Wildman–Crippen MR) is 79.7 cm³/mol. The summed E-state index contributed by atoms with van der Waals surface area (Å²) in [6, 6.07) is 13.0. The summed E-state index contributed by atoms with van der Waals surface area (Å²) in [6.45, 7) is 4.22. The van der Waals surface area contributed by atoms with Crippen molar-refractivity contribution in [3.63, 3.8) is 0 Å². The van der Waals surface area contributed by atoms with Gasteiger partial charge in [0.25, 0.3) is 5.91 Å². The van der Waals surface area contributed by atoms with Crippen LogP contribution in [0.4, 0.5) is 4.39 Å². The molecule has 0 fully saturated rings. The zero-order valence-corrected chi connectivity index (χ0v) is 11.5. The summed E-state index contributed by atoms with van der Waals surface area (Å²) in [5, 5.41) is 2.71. The minimum Gasteiger partial charge on any atom is -0.488 e. The highest BCUT2D eigenvalue weighted by Crippen LogP contribution is 2.19. The Morgan fingerprint density at radius 2 is 1.90 bits per heavy atom. The van der Waals surface area contributed by atoms with E-state index in [1.807, 2.05) is 0 Å². The SMILES string of the molecule is C=CCNC(=O)c1ccccc1OCc1ccc(F)cc1. The molecule has 0 aliphatic rings. The fraction of sp³-hybridized carbons (Fsp3) is 0.118. The van der Waals surface area contributed by atoms with Crippen molar-refractivity contribution in [1.82, 2.24) is 5.32 Å². The second-order valence-corrected chi connectivity index (χ2v) is 4.41. The van der Waals surface area contributed by atoms with E-state index in [1.54, 1.807) is 42.5 Å². The van der Waals surface area contributed by atoms with Crippen molar-refractivity contribution < 1.29 is 13.9 Å². The number of amides is 1. The predicted octanol–water partition coefficient (Wildman–Crippen LogP) is 3.32. The molecule has 0 aromatic heterocycles. The lowest BCUT2D eigenvalue weighted by Crippen LogP contribution is -2.23. The maximum Gasteiger partial charge on any atom is 0.255 e. The van der Waals surface area contributed by atoms with Crippen LogP contribution in [0.2, 0.25) is 0 Å². The Morgan fingerprint density at radius 3 is 2.62 bits per heavy atom. The first-order valence-electron chi connectivity index (χ1n) is 6.56. The Morgan fingerprint density at radius 1 is 1.19 bits per heavy atom. The fourth-order valence-electron chi connectivity index (χ4n) is 1.78. The van der Waals surface area contributed by atoms with Gasteiger partial charge in [-0.3, -0.25) is 4.79 Å². The first kappa shape index (κ1) is 14.8. The van der Waals surface area contributed by atoms with Crippen LogP contribution in [0.1, 0.15) is 15.9 Å². The minimum atomic E-state index is -0.289. The molecule has 0 saturated heterocycles. The molecule has 0 aliphatic carbocycles. The van der Waals surface area contributed by atoms with Gasteiger partial charge in [0.2, 0.25) is 0 Å². The number of carbonyl (C=O) groups is 1. The maximum absolute atomic E-state index is 12.8. The Kier molecular flexibility index (Phi) is 5.10. The van der Waals surface area contributed by atoms with E-state index in [-0.39, 0.29) is 18.3 Å².